The summed E-state index contributed by atoms with van der Waals surface area (Å²) in [6.45, 7) is 3.70. The van der Waals surface area contributed by atoms with Gasteiger partial charge in [0.15, 0.2) is 0 Å². The molecule has 2 atom stereocenters. The number of ether oxygens (including phenoxy) is 1. The molecular formula is C12H20ClNO3. The molecule has 98 valence electrons. The van der Waals surface area contributed by atoms with Crippen molar-refractivity contribution in [3.8, 4) is 0 Å². The summed E-state index contributed by atoms with van der Waals surface area (Å²) in [6.07, 6.45) is 2.78. The van der Waals surface area contributed by atoms with Gasteiger partial charge in [0.1, 0.15) is 5.38 Å². The molecule has 2 fully saturated rings. The van der Waals surface area contributed by atoms with E-state index in [0.29, 0.717) is 26.1 Å². The number of aliphatic hydroxyl groups excluding tert-OH is 1. The Morgan fingerprint density at radius 1 is 1.53 bits per heavy atom. The standard InChI is InChI=1S/C12H20ClNO3/c1-9(13)11(16)14-5-3-12(4-6-14)8-10(15)2-7-17-12/h9-10,15H,2-8H2,1H3/t9-,10+/m1/s1. The van der Waals surface area contributed by atoms with E-state index in [0.717, 1.165) is 19.3 Å². The Balaban J connectivity index is 1.91. The largest absolute Gasteiger partial charge is 0.393 e. The van der Waals surface area contributed by atoms with Crippen molar-refractivity contribution in [2.24, 2.45) is 0 Å². The van der Waals surface area contributed by atoms with Gasteiger partial charge in [0, 0.05) is 26.1 Å². The number of alkyl halides is 1. The van der Waals surface area contributed by atoms with Crippen molar-refractivity contribution in [3.63, 3.8) is 0 Å². The van der Waals surface area contributed by atoms with Crippen LogP contribution in [0.25, 0.3) is 0 Å². The van der Waals surface area contributed by atoms with Gasteiger partial charge in [-0.15, -0.1) is 11.6 Å². The summed E-state index contributed by atoms with van der Waals surface area (Å²) in [7, 11) is 0. The van der Waals surface area contributed by atoms with Crippen LogP contribution in [0.2, 0.25) is 0 Å². The van der Waals surface area contributed by atoms with E-state index in [1.165, 1.54) is 0 Å². The van der Waals surface area contributed by atoms with Crippen molar-refractivity contribution in [1.29, 1.82) is 0 Å². The van der Waals surface area contributed by atoms with Crippen LogP contribution in [0.3, 0.4) is 0 Å². The molecule has 0 bridgehead atoms. The number of likely N-dealkylation sites (tertiary alicyclic amines) is 1. The number of aliphatic hydroxyl groups is 1. The number of nitrogens with zero attached hydrogens (tertiary/aromatic N) is 1. The number of carbonyl (C=O) groups excluding carboxylic acids is 1. The molecule has 0 aliphatic carbocycles. The van der Waals surface area contributed by atoms with Crippen LogP contribution in [-0.4, -0.2) is 52.7 Å². The van der Waals surface area contributed by atoms with Crippen LogP contribution in [0.4, 0.5) is 0 Å². The third-order valence-electron chi connectivity index (χ3n) is 3.79. The van der Waals surface area contributed by atoms with Gasteiger partial charge in [-0.25, -0.2) is 0 Å². The van der Waals surface area contributed by atoms with Gasteiger partial charge < -0.3 is 14.7 Å². The van der Waals surface area contributed by atoms with E-state index in [1.807, 2.05) is 0 Å². The van der Waals surface area contributed by atoms with E-state index in [2.05, 4.69) is 0 Å². The van der Waals surface area contributed by atoms with Gasteiger partial charge in [0.05, 0.1) is 11.7 Å². The maximum atomic E-state index is 11.7. The van der Waals surface area contributed by atoms with Gasteiger partial charge in [0.25, 0.3) is 0 Å². The molecule has 17 heavy (non-hydrogen) atoms. The summed E-state index contributed by atoms with van der Waals surface area (Å²) in [5.41, 5.74) is -0.204. The van der Waals surface area contributed by atoms with Crippen molar-refractivity contribution in [2.75, 3.05) is 19.7 Å². The molecule has 0 aromatic rings. The third kappa shape index (κ3) is 2.92. The lowest BCUT2D eigenvalue weighted by Gasteiger charge is -2.45. The molecule has 0 aromatic heterocycles. The molecule has 0 unspecified atom stereocenters. The zero-order chi connectivity index (χ0) is 12.5. The summed E-state index contributed by atoms with van der Waals surface area (Å²) < 4.78 is 5.83. The van der Waals surface area contributed by atoms with Crippen LogP contribution in [-0.2, 0) is 9.53 Å². The predicted molar refractivity (Wildman–Crippen MR) is 65.1 cm³/mol. The molecule has 0 saturated carbocycles. The monoisotopic (exact) mass is 261 g/mol. The lowest BCUT2D eigenvalue weighted by atomic mass is 9.83. The van der Waals surface area contributed by atoms with Gasteiger partial charge in [-0.05, 0) is 26.2 Å². The lowest BCUT2D eigenvalue weighted by Crippen LogP contribution is -2.52. The van der Waals surface area contributed by atoms with E-state index < -0.39 is 5.38 Å². The Labute approximate surface area is 107 Å². The normalized spacial score (nSPS) is 30.3. The van der Waals surface area contributed by atoms with E-state index in [4.69, 9.17) is 16.3 Å². The van der Waals surface area contributed by atoms with Gasteiger partial charge in [-0.2, -0.15) is 0 Å². The summed E-state index contributed by atoms with van der Waals surface area (Å²) in [6, 6.07) is 0. The molecule has 1 N–H and O–H groups in total. The fourth-order valence-corrected chi connectivity index (χ4v) is 2.87. The van der Waals surface area contributed by atoms with Crippen molar-refractivity contribution in [3.05, 3.63) is 0 Å². The Hall–Kier alpha value is -0.320. The maximum absolute atomic E-state index is 11.7. The second kappa shape index (κ2) is 5.12. The number of amides is 1. The minimum atomic E-state index is -0.457. The Morgan fingerprint density at radius 3 is 2.71 bits per heavy atom. The fraction of sp³-hybridized carbons (Fsp3) is 0.917. The summed E-state index contributed by atoms with van der Waals surface area (Å²) >= 11 is 5.80. The summed E-state index contributed by atoms with van der Waals surface area (Å²) in [4.78, 5) is 13.5. The van der Waals surface area contributed by atoms with E-state index in [1.54, 1.807) is 11.8 Å². The minimum Gasteiger partial charge on any atom is -0.393 e. The number of hydrogen-bond acceptors (Lipinski definition) is 3. The Kier molecular flexibility index (Phi) is 3.95. The van der Waals surface area contributed by atoms with E-state index >= 15 is 0 Å². The third-order valence-corrected chi connectivity index (χ3v) is 3.98. The quantitative estimate of drug-likeness (QED) is 0.721. The van der Waals surface area contributed by atoms with Crippen LogP contribution in [0, 0.1) is 0 Å². The molecule has 1 amide bonds. The molecule has 2 saturated heterocycles. The number of rotatable bonds is 1. The highest BCUT2D eigenvalue weighted by Gasteiger charge is 2.41. The average molecular weight is 262 g/mol. The fourth-order valence-electron chi connectivity index (χ4n) is 2.74. The molecule has 0 radical (unpaired) electrons. The topological polar surface area (TPSA) is 49.8 Å². The molecule has 0 aromatic carbocycles. The first-order valence-corrected chi connectivity index (χ1v) is 6.71. The van der Waals surface area contributed by atoms with Gasteiger partial charge in [0.2, 0.25) is 5.91 Å². The minimum absolute atomic E-state index is 0.00197. The van der Waals surface area contributed by atoms with Crippen molar-refractivity contribution in [1.82, 2.24) is 4.90 Å². The molecule has 5 heteroatoms. The number of piperidine rings is 1. The second-order valence-electron chi connectivity index (χ2n) is 5.12. The number of carbonyl (C=O) groups is 1. The first kappa shape index (κ1) is 13.1. The number of hydrogen-bond donors (Lipinski definition) is 1. The molecule has 2 aliphatic heterocycles. The first-order valence-electron chi connectivity index (χ1n) is 6.27. The molecule has 2 rings (SSSR count). The highest BCUT2D eigenvalue weighted by molar-refractivity contribution is 6.30. The van der Waals surface area contributed by atoms with Crippen LogP contribution in [0.1, 0.15) is 32.6 Å². The zero-order valence-electron chi connectivity index (χ0n) is 10.2. The highest BCUT2D eigenvalue weighted by Crippen LogP contribution is 2.35. The first-order chi connectivity index (χ1) is 8.02. The van der Waals surface area contributed by atoms with Crippen LogP contribution >= 0.6 is 11.6 Å². The van der Waals surface area contributed by atoms with Crippen molar-refractivity contribution in [2.45, 2.75) is 49.7 Å². The highest BCUT2D eigenvalue weighted by atomic mass is 35.5. The van der Waals surface area contributed by atoms with Gasteiger partial charge in [-0.1, -0.05) is 0 Å². The number of halogens is 1. The second-order valence-corrected chi connectivity index (χ2v) is 5.77. The van der Waals surface area contributed by atoms with E-state index in [-0.39, 0.29) is 17.6 Å². The summed E-state index contributed by atoms with van der Waals surface area (Å²) in [5, 5.41) is 9.25. The SMILES string of the molecule is C[C@@H](Cl)C(=O)N1CCC2(CC1)C[C@@H](O)CCO2. The van der Waals surface area contributed by atoms with E-state index in [9.17, 15) is 9.90 Å². The zero-order valence-corrected chi connectivity index (χ0v) is 10.9. The molecule has 2 heterocycles. The van der Waals surface area contributed by atoms with Gasteiger partial charge in [-0.3, -0.25) is 4.79 Å². The molecular weight excluding hydrogens is 242 g/mol. The molecule has 4 nitrogen and oxygen atoms in total. The summed E-state index contributed by atoms with van der Waals surface area (Å²) in [5.74, 6) is -0.00197. The van der Waals surface area contributed by atoms with Crippen LogP contribution in [0.15, 0.2) is 0 Å². The van der Waals surface area contributed by atoms with Crippen molar-refractivity contribution >= 4 is 17.5 Å². The van der Waals surface area contributed by atoms with Gasteiger partial charge >= 0.3 is 0 Å². The maximum Gasteiger partial charge on any atom is 0.240 e. The Bertz CT molecular complexity index is 287. The lowest BCUT2D eigenvalue weighted by molar-refractivity contribution is -0.153. The molecule has 1 spiro atoms. The smallest absolute Gasteiger partial charge is 0.240 e. The molecule has 2 aliphatic rings. The van der Waals surface area contributed by atoms with Crippen LogP contribution in [0.5, 0.6) is 0 Å². The van der Waals surface area contributed by atoms with Crippen molar-refractivity contribution < 1.29 is 14.6 Å². The average Bonchev–Trinajstić information content (AvgIpc) is 2.29. The Morgan fingerprint density at radius 2 is 2.18 bits per heavy atom. The predicted octanol–water partition coefficient (Wildman–Crippen LogP) is 1.15. The van der Waals surface area contributed by atoms with Crippen LogP contribution < -0.4 is 0 Å².